The number of phosphoric acid groups is 1. The van der Waals surface area contributed by atoms with Gasteiger partial charge in [-0.2, -0.15) is 0 Å². The highest BCUT2D eigenvalue weighted by Gasteiger charge is 2.15. The van der Waals surface area contributed by atoms with Gasteiger partial charge in [0.15, 0.2) is 0 Å². The summed E-state index contributed by atoms with van der Waals surface area (Å²) in [6.45, 7) is 5.21. The summed E-state index contributed by atoms with van der Waals surface area (Å²) in [5, 5.41) is 0. The van der Waals surface area contributed by atoms with E-state index in [9.17, 15) is 4.57 Å². The van der Waals surface area contributed by atoms with Gasteiger partial charge in [-0.3, -0.25) is 4.52 Å². The average molecular weight is 354 g/mol. The van der Waals surface area contributed by atoms with E-state index in [1.807, 2.05) is 21.1 Å². The maximum atomic E-state index is 10.2. The molecule has 0 bridgehead atoms. The Labute approximate surface area is 144 Å². The van der Waals surface area contributed by atoms with E-state index in [1.54, 1.807) is 0 Å². The van der Waals surface area contributed by atoms with E-state index >= 15 is 0 Å². The molecule has 6 heteroatoms. The molecular formula is C17H41NO4P+. The van der Waals surface area contributed by atoms with Crippen molar-refractivity contribution in [1.82, 2.24) is 0 Å². The van der Waals surface area contributed by atoms with Crippen LogP contribution in [0, 0.1) is 0 Å². The first-order valence-electron chi connectivity index (χ1n) is 9.13. The third-order valence-corrected chi connectivity index (χ3v) is 4.00. The van der Waals surface area contributed by atoms with Gasteiger partial charge in [0.05, 0.1) is 21.1 Å². The van der Waals surface area contributed by atoms with Gasteiger partial charge in [0.2, 0.25) is 0 Å². The minimum Gasteiger partial charge on any atom is -0.329 e. The monoisotopic (exact) mass is 354 g/mol. The van der Waals surface area contributed by atoms with E-state index in [-0.39, 0.29) is 6.61 Å². The third kappa shape index (κ3) is 30.5. The van der Waals surface area contributed by atoms with Crippen molar-refractivity contribution in [3.05, 3.63) is 0 Å². The Morgan fingerprint density at radius 1 is 0.783 bits per heavy atom. The number of phosphoric ester groups is 1. The summed E-state index contributed by atoms with van der Waals surface area (Å²) in [4.78, 5) is 16.6. The molecule has 0 heterocycles. The molecule has 5 nitrogen and oxygen atoms in total. The topological polar surface area (TPSA) is 66.8 Å². The van der Waals surface area contributed by atoms with Crippen molar-refractivity contribution >= 4 is 7.82 Å². The normalized spacial score (nSPS) is 12.0. The number of nitrogens with zero attached hydrogens (tertiary/aromatic N) is 1. The molecule has 0 aromatic heterocycles. The maximum Gasteiger partial charge on any atom is 0.469 e. The molecule has 0 radical (unpaired) electrons. The molecule has 0 amide bonds. The van der Waals surface area contributed by atoms with Gasteiger partial charge in [-0.25, -0.2) is 4.57 Å². The molecule has 0 unspecified atom stereocenters. The van der Waals surface area contributed by atoms with Crippen molar-refractivity contribution in [2.75, 3.05) is 34.3 Å². The molecule has 0 saturated heterocycles. The van der Waals surface area contributed by atoms with E-state index in [1.165, 1.54) is 64.2 Å². The number of rotatable bonds is 13. The second kappa shape index (κ2) is 15.6. The van der Waals surface area contributed by atoms with Gasteiger partial charge in [0.1, 0.15) is 13.2 Å². The second-order valence-corrected chi connectivity index (χ2v) is 8.41. The Bertz CT molecular complexity index is 277. The molecule has 0 aromatic rings. The van der Waals surface area contributed by atoms with Crippen LogP contribution in [0.3, 0.4) is 0 Å². The Hall–Kier alpha value is 0.0700. The standard InChI is InChI=1S/C12H26.C5H14NO4P/c1-3-5-7-9-11-12-10-8-6-4-2;1-6(2,3)4-5-10-11(7,8)9/h3-12H2,1-2H3;4-5H2,1-3H3,(H-,7,8,9)/p+1. The fraction of sp³-hybridized carbons (Fsp3) is 1.00. The van der Waals surface area contributed by atoms with E-state index in [0.717, 1.165) is 0 Å². The first-order chi connectivity index (χ1) is 10.6. The smallest absolute Gasteiger partial charge is 0.329 e. The number of likely N-dealkylation sites (N-methyl/N-ethyl adjacent to an activating group) is 1. The molecule has 23 heavy (non-hydrogen) atoms. The SMILES string of the molecule is CCCCCCCCCCCC.C[N+](C)(C)CCOP(=O)(O)O. The first kappa shape index (κ1) is 25.3. The highest BCUT2D eigenvalue weighted by atomic mass is 31.2. The van der Waals surface area contributed by atoms with E-state index < -0.39 is 7.82 Å². The zero-order valence-electron chi connectivity index (χ0n) is 16.1. The largest absolute Gasteiger partial charge is 0.469 e. The van der Waals surface area contributed by atoms with Crippen molar-refractivity contribution in [1.29, 1.82) is 0 Å². The van der Waals surface area contributed by atoms with Crippen LogP contribution in [0.4, 0.5) is 0 Å². The summed E-state index contributed by atoms with van der Waals surface area (Å²) in [6.07, 6.45) is 14.4. The van der Waals surface area contributed by atoms with Gasteiger partial charge in [-0.15, -0.1) is 0 Å². The molecule has 0 atom stereocenters. The van der Waals surface area contributed by atoms with Crippen molar-refractivity contribution in [3.63, 3.8) is 0 Å². The van der Waals surface area contributed by atoms with Crippen LogP contribution in [0.25, 0.3) is 0 Å². The molecule has 0 aromatic carbocycles. The number of hydrogen-bond acceptors (Lipinski definition) is 2. The summed E-state index contributed by atoms with van der Waals surface area (Å²) < 4.78 is 15.1. The summed E-state index contributed by atoms with van der Waals surface area (Å²) in [5.74, 6) is 0. The van der Waals surface area contributed by atoms with Gasteiger partial charge < -0.3 is 14.3 Å². The molecule has 0 saturated carbocycles. The van der Waals surface area contributed by atoms with Crippen LogP contribution in [-0.2, 0) is 9.09 Å². The summed E-state index contributed by atoms with van der Waals surface area (Å²) >= 11 is 0. The Morgan fingerprint density at radius 2 is 1.13 bits per heavy atom. The second-order valence-electron chi connectivity index (χ2n) is 7.17. The van der Waals surface area contributed by atoms with Gasteiger partial charge >= 0.3 is 7.82 Å². The van der Waals surface area contributed by atoms with Gasteiger partial charge in [-0.1, -0.05) is 78.1 Å². The van der Waals surface area contributed by atoms with Crippen LogP contribution < -0.4 is 0 Å². The van der Waals surface area contributed by atoms with Crippen LogP contribution in [0.5, 0.6) is 0 Å². The molecule has 0 aliphatic carbocycles. The Kier molecular flexibility index (Phi) is 17.2. The lowest BCUT2D eigenvalue weighted by Gasteiger charge is -2.23. The lowest BCUT2D eigenvalue weighted by atomic mass is 10.1. The van der Waals surface area contributed by atoms with E-state index in [4.69, 9.17) is 9.79 Å². The summed E-state index contributed by atoms with van der Waals surface area (Å²) in [5.41, 5.74) is 0. The highest BCUT2D eigenvalue weighted by Crippen LogP contribution is 2.35. The van der Waals surface area contributed by atoms with Crippen LogP contribution >= 0.6 is 7.82 Å². The lowest BCUT2D eigenvalue weighted by Crippen LogP contribution is -2.37. The average Bonchev–Trinajstić information content (AvgIpc) is 2.39. The van der Waals surface area contributed by atoms with Crippen molar-refractivity contribution in [2.24, 2.45) is 0 Å². The molecular weight excluding hydrogens is 313 g/mol. The Morgan fingerprint density at radius 3 is 1.39 bits per heavy atom. The molecule has 0 fully saturated rings. The minimum absolute atomic E-state index is 0.0772. The quantitative estimate of drug-likeness (QED) is 0.285. The fourth-order valence-corrected chi connectivity index (χ4v) is 2.31. The zero-order valence-corrected chi connectivity index (χ0v) is 17.0. The molecule has 0 rings (SSSR count). The van der Waals surface area contributed by atoms with E-state index in [0.29, 0.717) is 11.0 Å². The first-order valence-corrected chi connectivity index (χ1v) is 10.7. The summed E-state index contributed by atoms with van der Waals surface area (Å²) in [6, 6.07) is 0. The molecule has 0 spiro atoms. The van der Waals surface area contributed by atoms with Gasteiger partial charge in [0, 0.05) is 0 Å². The third-order valence-electron chi connectivity index (χ3n) is 3.48. The van der Waals surface area contributed by atoms with E-state index in [2.05, 4.69) is 18.4 Å². The number of unbranched alkanes of at least 4 members (excludes halogenated alkanes) is 9. The summed E-state index contributed by atoms with van der Waals surface area (Å²) in [7, 11) is 1.50. The Balaban J connectivity index is 0. The highest BCUT2D eigenvalue weighted by molar-refractivity contribution is 7.46. The molecule has 0 aliphatic rings. The van der Waals surface area contributed by atoms with Crippen LogP contribution in [0.15, 0.2) is 0 Å². The van der Waals surface area contributed by atoms with Crippen molar-refractivity contribution in [2.45, 2.75) is 78.1 Å². The molecule has 2 N–H and O–H groups in total. The van der Waals surface area contributed by atoms with Crippen LogP contribution in [0.2, 0.25) is 0 Å². The molecule has 142 valence electrons. The van der Waals surface area contributed by atoms with Crippen molar-refractivity contribution < 1.29 is 23.4 Å². The van der Waals surface area contributed by atoms with Crippen molar-refractivity contribution in [3.8, 4) is 0 Å². The number of hydrogen-bond donors (Lipinski definition) is 2. The maximum absolute atomic E-state index is 10.2. The van der Waals surface area contributed by atoms with Crippen LogP contribution in [-0.4, -0.2) is 48.6 Å². The fourth-order valence-electron chi connectivity index (χ4n) is 1.99. The van der Waals surface area contributed by atoms with Crippen LogP contribution in [0.1, 0.15) is 78.1 Å². The van der Waals surface area contributed by atoms with Gasteiger partial charge in [-0.05, 0) is 0 Å². The predicted molar refractivity (Wildman–Crippen MR) is 98.4 cm³/mol. The minimum atomic E-state index is -4.26. The zero-order chi connectivity index (χ0) is 18.2. The number of quaternary nitrogens is 1. The predicted octanol–water partition coefficient (Wildman–Crippen LogP) is 4.73. The molecule has 0 aliphatic heterocycles. The lowest BCUT2D eigenvalue weighted by molar-refractivity contribution is -0.870. The van der Waals surface area contributed by atoms with Gasteiger partial charge in [0.25, 0.3) is 0 Å².